The number of hydrogen-bond donors (Lipinski definition) is 2. The van der Waals surface area contributed by atoms with Crippen molar-refractivity contribution < 1.29 is 4.79 Å². The summed E-state index contributed by atoms with van der Waals surface area (Å²) in [6, 6.07) is 7.97. The Labute approximate surface area is 135 Å². The minimum absolute atomic E-state index is 0.00822. The van der Waals surface area contributed by atoms with Gasteiger partial charge in [-0.2, -0.15) is 0 Å². The van der Waals surface area contributed by atoms with Gasteiger partial charge in [0.15, 0.2) is 0 Å². The summed E-state index contributed by atoms with van der Waals surface area (Å²) < 4.78 is 0. The average molecular weight is 315 g/mol. The van der Waals surface area contributed by atoms with Crippen molar-refractivity contribution in [3.8, 4) is 10.6 Å². The van der Waals surface area contributed by atoms with E-state index in [4.69, 9.17) is 0 Å². The highest BCUT2D eigenvalue weighted by Crippen LogP contribution is 2.24. The second kappa shape index (κ2) is 6.58. The highest BCUT2D eigenvalue weighted by atomic mass is 32.1. The van der Waals surface area contributed by atoms with Crippen LogP contribution in [0.25, 0.3) is 10.6 Å². The molecule has 1 fully saturated rings. The molecular formula is C17H21N3OS. The molecule has 1 aromatic heterocycles. The fraction of sp³-hybridized carbons (Fsp3) is 0.412. The predicted octanol–water partition coefficient (Wildman–Crippen LogP) is 2.85. The van der Waals surface area contributed by atoms with Crippen LogP contribution in [-0.2, 0) is 0 Å². The van der Waals surface area contributed by atoms with Gasteiger partial charge in [0, 0.05) is 28.2 Å². The molecular weight excluding hydrogens is 294 g/mol. The van der Waals surface area contributed by atoms with Crippen LogP contribution in [0.5, 0.6) is 0 Å². The molecule has 0 saturated carbocycles. The lowest BCUT2D eigenvalue weighted by atomic mass is 9.95. The molecule has 1 aliphatic heterocycles. The predicted molar refractivity (Wildman–Crippen MR) is 90.2 cm³/mol. The summed E-state index contributed by atoms with van der Waals surface area (Å²) in [5.74, 6) is 0.469. The third kappa shape index (κ3) is 3.36. The van der Waals surface area contributed by atoms with Gasteiger partial charge in [-0.3, -0.25) is 4.79 Å². The molecule has 1 aromatic carbocycles. The highest BCUT2D eigenvalue weighted by Gasteiger charge is 2.23. The van der Waals surface area contributed by atoms with Crippen molar-refractivity contribution in [3.63, 3.8) is 0 Å². The molecule has 1 amide bonds. The van der Waals surface area contributed by atoms with E-state index in [1.807, 2.05) is 36.6 Å². The van der Waals surface area contributed by atoms with Crippen molar-refractivity contribution in [2.75, 3.05) is 13.1 Å². The standard InChI is InChI=1S/C17H21N3OS/c1-11-9-18-7-6-15(11)20-16(21)13-4-3-5-14(8-13)17-19-12(2)10-22-17/h3-5,8,10-11,15,18H,6-7,9H2,1-2H3,(H,20,21). The maximum absolute atomic E-state index is 12.5. The first-order valence-corrected chi connectivity index (χ1v) is 8.55. The summed E-state index contributed by atoms with van der Waals surface area (Å²) in [5.41, 5.74) is 2.72. The first kappa shape index (κ1) is 15.2. The minimum Gasteiger partial charge on any atom is -0.349 e. The Kier molecular flexibility index (Phi) is 4.55. The Balaban J connectivity index is 1.75. The zero-order chi connectivity index (χ0) is 15.5. The second-order valence-corrected chi connectivity index (χ2v) is 6.78. The van der Waals surface area contributed by atoms with Crippen LogP contribution in [0.3, 0.4) is 0 Å². The van der Waals surface area contributed by atoms with E-state index < -0.39 is 0 Å². The van der Waals surface area contributed by atoms with E-state index in [1.165, 1.54) is 0 Å². The Bertz CT molecular complexity index is 667. The summed E-state index contributed by atoms with van der Waals surface area (Å²) in [4.78, 5) is 17.0. The quantitative estimate of drug-likeness (QED) is 0.916. The average Bonchev–Trinajstić information content (AvgIpc) is 2.96. The van der Waals surface area contributed by atoms with Crippen LogP contribution >= 0.6 is 11.3 Å². The fourth-order valence-corrected chi connectivity index (χ4v) is 3.55. The van der Waals surface area contributed by atoms with Crippen LogP contribution in [0.15, 0.2) is 29.6 Å². The lowest BCUT2D eigenvalue weighted by molar-refractivity contribution is 0.0914. The number of amides is 1. The molecule has 0 aliphatic carbocycles. The van der Waals surface area contributed by atoms with Crippen molar-refractivity contribution in [2.24, 2.45) is 5.92 Å². The number of aromatic nitrogens is 1. The zero-order valence-corrected chi connectivity index (χ0v) is 13.7. The van der Waals surface area contributed by atoms with Crippen molar-refractivity contribution >= 4 is 17.2 Å². The molecule has 5 heteroatoms. The summed E-state index contributed by atoms with van der Waals surface area (Å²) in [5, 5.41) is 9.51. The van der Waals surface area contributed by atoms with Gasteiger partial charge in [-0.25, -0.2) is 4.98 Å². The fourth-order valence-electron chi connectivity index (χ4n) is 2.76. The molecule has 1 saturated heterocycles. The van der Waals surface area contributed by atoms with Crippen LogP contribution in [-0.4, -0.2) is 30.0 Å². The monoisotopic (exact) mass is 315 g/mol. The molecule has 1 aliphatic rings. The molecule has 116 valence electrons. The first-order chi connectivity index (χ1) is 10.6. The summed E-state index contributed by atoms with van der Waals surface area (Å²) >= 11 is 1.61. The van der Waals surface area contributed by atoms with Crippen LogP contribution in [0.1, 0.15) is 29.4 Å². The normalized spacial score (nSPS) is 21.5. The summed E-state index contributed by atoms with van der Waals surface area (Å²) in [6.45, 7) is 6.08. The van der Waals surface area contributed by atoms with E-state index in [-0.39, 0.29) is 11.9 Å². The number of nitrogens with one attached hydrogen (secondary N) is 2. The van der Waals surface area contributed by atoms with Crippen LogP contribution in [0, 0.1) is 12.8 Å². The molecule has 4 nitrogen and oxygen atoms in total. The number of hydrogen-bond acceptors (Lipinski definition) is 4. The van der Waals surface area contributed by atoms with Gasteiger partial charge < -0.3 is 10.6 Å². The number of carbonyl (C=O) groups excluding carboxylic acids is 1. The number of aryl methyl sites for hydroxylation is 1. The maximum atomic E-state index is 12.5. The van der Waals surface area contributed by atoms with E-state index in [9.17, 15) is 4.79 Å². The van der Waals surface area contributed by atoms with Crippen LogP contribution in [0.2, 0.25) is 0 Å². The van der Waals surface area contributed by atoms with Crippen molar-refractivity contribution in [1.82, 2.24) is 15.6 Å². The Morgan fingerprint density at radius 3 is 3.05 bits per heavy atom. The van der Waals surface area contributed by atoms with E-state index in [1.54, 1.807) is 11.3 Å². The van der Waals surface area contributed by atoms with Crippen LogP contribution < -0.4 is 10.6 Å². The summed E-state index contributed by atoms with van der Waals surface area (Å²) in [6.07, 6.45) is 0.984. The largest absolute Gasteiger partial charge is 0.349 e. The number of nitrogens with zero attached hydrogens (tertiary/aromatic N) is 1. The molecule has 2 N–H and O–H groups in total. The smallest absolute Gasteiger partial charge is 0.251 e. The van der Waals surface area contributed by atoms with Gasteiger partial charge >= 0.3 is 0 Å². The number of rotatable bonds is 3. The Morgan fingerprint density at radius 2 is 2.32 bits per heavy atom. The molecule has 22 heavy (non-hydrogen) atoms. The van der Waals surface area contributed by atoms with Gasteiger partial charge in [-0.15, -0.1) is 11.3 Å². The Hall–Kier alpha value is -1.72. The highest BCUT2D eigenvalue weighted by molar-refractivity contribution is 7.13. The maximum Gasteiger partial charge on any atom is 0.251 e. The van der Waals surface area contributed by atoms with Crippen molar-refractivity contribution in [1.29, 1.82) is 0 Å². The lowest BCUT2D eigenvalue weighted by Gasteiger charge is -2.30. The number of benzene rings is 1. The van der Waals surface area contributed by atoms with Gasteiger partial charge in [0.05, 0.1) is 0 Å². The van der Waals surface area contributed by atoms with Gasteiger partial charge in [0.25, 0.3) is 5.91 Å². The Morgan fingerprint density at radius 1 is 1.45 bits per heavy atom. The van der Waals surface area contributed by atoms with Gasteiger partial charge in [0.1, 0.15) is 5.01 Å². The molecule has 0 bridgehead atoms. The molecule has 2 atom stereocenters. The first-order valence-electron chi connectivity index (χ1n) is 7.67. The van der Waals surface area contributed by atoms with E-state index >= 15 is 0 Å². The number of thiazole rings is 1. The van der Waals surface area contributed by atoms with E-state index in [2.05, 4.69) is 22.5 Å². The molecule has 0 radical (unpaired) electrons. The molecule has 2 aromatic rings. The van der Waals surface area contributed by atoms with E-state index in [0.717, 1.165) is 35.8 Å². The third-order valence-corrected chi connectivity index (χ3v) is 5.10. The van der Waals surface area contributed by atoms with Gasteiger partial charge in [-0.05, 0) is 44.5 Å². The molecule has 3 rings (SSSR count). The van der Waals surface area contributed by atoms with Crippen LogP contribution in [0.4, 0.5) is 0 Å². The molecule has 0 spiro atoms. The lowest BCUT2D eigenvalue weighted by Crippen LogP contribution is -2.48. The summed E-state index contributed by atoms with van der Waals surface area (Å²) in [7, 11) is 0. The van der Waals surface area contributed by atoms with Crippen molar-refractivity contribution in [2.45, 2.75) is 26.3 Å². The minimum atomic E-state index is 0.00822. The molecule has 2 unspecified atom stereocenters. The number of piperidine rings is 1. The van der Waals surface area contributed by atoms with Crippen molar-refractivity contribution in [3.05, 3.63) is 40.9 Å². The topological polar surface area (TPSA) is 54.0 Å². The molecule has 2 heterocycles. The number of carbonyl (C=O) groups is 1. The SMILES string of the molecule is Cc1csc(-c2cccc(C(=O)NC3CCNCC3C)c2)n1. The zero-order valence-electron chi connectivity index (χ0n) is 12.9. The second-order valence-electron chi connectivity index (χ2n) is 5.92. The third-order valence-electron chi connectivity index (χ3n) is 4.09. The van der Waals surface area contributed by atoms with Gasteiger partial charge in [-0.1, -0.05) is 19.1 Å². The van der Waals surface area contributed by atoms with Gasteiger partial charge in [0.2, 0.25) is 0 Å². The van der Waals surface area contributed by atoms with E-state index in [0.29, 0.717) is 11.5 Å².